The summed E-state index contributed by atoms with van der Waals surface area (Å²) in [6.07, 6.45) is -1.54. The fourth-order valence-electron chi connectivity index (χ4n) is 6.20. The van der Waals surface area contributed by atoms with Crippen LogP contribution in [0.4, 0.5) is 13.2 Å². The number of hydrogen-bond donors (Lipinski definition) is 0. The van der Waals surface area contributed by atoms with E-state index in [1.807, 2.05) is 54.2 Å². The fourth-order valence-corrected chi connectivity index (χ4v) is 6.20. The van der Waals surface area contributed by atoms with Crippen LogP contribution in [0.25, 0.3) is 56.0 Å². The molecular weight excluding hydrogens is 706 g/mol. The first kappa shape index (κ1) is 36.5. The number of Topliss-reactive ketones (excluding diaryl/α,β-unsaturated/α-hetero) is 2. The van der Waals surface area contributed by atoms with Crippen molar-refractivity contribution in [2.45, 2.75) is 40.8 Å². The average Bonchev–Trinajstić information content (AvgIpc) is 3.80. The number of halogens is 3. The van der Waals surface area contributed by atoms with Crippen LogP contribution in [0.2, 0.25) is 0 Å². The number of benzene rings is 2. The van der Waals surface area contributed by atoms with Crippen molar-refractivity contribution in [3.8, 4) is 34.2 Å². The van der Waals surface area contributed by atoms with Gasteiger partial charge in [0.05, 0.1) is 40.4 Å². The predicted molar refractivity (Wildman–Crippen MR) is 203 cm³/mol. The molecule has 0 unspecified atom stereocenters. The third-order valence-electron chi connectivity index (χ3n) is 8.88. The maximum Gasteiger partial charge on any atom is 0.417 e. The summed E-state index contributed by atoms with van der Waals surface area (Å²) in [7, 11) is 0. The molecule has 0 radical (unpaired) electrons. The molecule has 13 heteroatoms. The molecule has 0 aliphatic heterocycles. The first-order chi connectivity index (χ1) is 26.3. The Bertz CT molecular complexity index is 2770. The number of rotatable bonds is 6. The second-order valence-corrected chi connectivity index (χ2v) is 13.0. The second-order valence-electron chi connectivity index (χ2n) is 13.0. The number of fused-ring (bicyclic) bond motifs is 2. The van der Waals surface area contributed by atoms with Gasteiger partial charge in [0.2, 0.25) is 0 Å². The Morgan fingerprint density at radius 3 is 1.49 bits per heavy atom. The molecule has 0 amide bonds. The summed E-state index contributed by atoms with van der Waals surface area (Å²) in [5.74, 6) is 0.884. The van der Waals surface area contributed by atoms with Crippen molar-refractivity contribution in [2.24, 2.45) is 0 Å². The van der Waals surface area contributed by atoms with Gasteiger partial charge in [-0.2, -0.15) is 23.4 Å². The van der Waals surface area contributed by atoms with Gasteiger partial charge in [0.25, 0.3) is 0 Å². The number of nitrogens with zero attached hydrogens (tertiary/aromatic N) is 8. The first-order valence-corrected chi connectivity index (χ1v) is 17.2. The van der Waals surface area contributed by atoms with Crippen LogP contribution in [0.15, 0.2) is 109 Å². The summed E-state index contributed by atoms with van der Waals surface area (Å²) >= 11 is 0. The molecule has 6 aromatic heterocycles. The highest BCUT2D eigenvalue weighted by Gasteiger charge is 2.34. The van der Waals surface area contributed by atoms with Crippen molar-refractivity contribution >= 4 is 33.4 Å². The van der Waals surface area contributed by atoms with E-state index in [0.717, 1.165) is 45.3 Å². The summed E-state index contributed by atoms with van der Waals surface area (Å²) < 4.78 is 44.5. The normalized spacial score (nSPS) is 11.4. The number of aryl methyl sites for hydroxylation is 3. The lowest BCUT2D eigenvalue weighted by Crippen LogP contribution is -2.07. The molecule has 2 aromatic carbocycles. The average molecular weight is 739 g/mol. The molecule has 0 saturated heterocycles. The highest BCUT2D eigenvalue weighted by Crippen LogP contribution is 2.38. The molecule has 10 nitrogen and oxygen atoms in total. The lowest BCUT2D eigenvalue weighted by Gasteiger charge is -2.12. The van der Waals surface area contributed by atoms with E-state index in [1.165, 1.54) is 30.8 Å². The zero-order chi connectivity index (χ0) is 39.0. The van der Waals surface area contributed by atoms with Gasteiger partial charge in [-0.1, -0.05) is 24.3 Å². The van der Waals surface area contributed by atoms with Gasteiger partial charge in [-0.25, -0.2) is 29.3 Å². The van der Waals surface area contributed by atoms with E-state index in [0.29, 0.717) is 17.2 Å². The number of pyridine rings is 4. The summed E-state index contributed by atoms with van der Waals surface area (Å²) in [6.45, 7) is 8.69. The van der Waals surface area contributed by atoms with Gasteiger partial charge in [-0.3, -0.25) is 9.59 Å². The van der Waals surface area contributed by atoms with Crippen LogP contribution in [0.3, 0.4) is 0 Å². The van der Waals surface area contributed by atoms with E-state index in [1.54, 1.807) is 49.4 Å². The first-order valence-electron chi connectivity index (χ1n) is 17.2. The van der Waals surface area contributed by atoms with E-state index in [4.69, 9.17) is 0 Å². The van der Waals surface area contributed by atoms with Crippen molar-refractivity contribution in [1.29, 1.82) is 0 Å². The topological polar surface area (TPSA) is 121 Å². The molecule has 55 heavy (non-hydrogen) atoms. The SMILES string of the molecule is CC(=O)c1cccc(-c2cc(C(F)(F)F)c3cnn(-c4cccc(C)n4)c3c2)n1.CC(=O)c1cccc(-c2cc(C)c3cnn(-c4cccc(C)n4)c3c2)n1. The minimum atomic E-state index is -4.58. The molecule has 0 spiro atoms. The van der Waals surface area contributed by atoms with Gasteiger partial charge in [0, 0.05) is 47.1 Å². The number of alkyl halides is 3. The molecule has 0 atom stereocenters. The van der Waals surface area contributed by atoms with Crippen molar-refractivity contribution in [3.63, 3.8) is 0 Å². The van der Waals surface area contributed by atoms with E-state index >= 15 is 0 Å². The van der Waals surface area contributed by atoms with Gasteiger partial charge in [-0.15, -0.1) is 0 Å². The molecule has 8 rings (SSSR count). The van der Waals surface area contributed by atoms with Crippen LogP contribution in [0.5, 0.6) is 0 Å². The minimum Gasteiger partial charge on any atom is -0.293 e. The Hall–Kier alpha value is -6.89. The van der Waals surface area contributed by atoms with E-state index in [-0.39, 0.29) is 39.4 Å². The maximum absolute atomic E-state index is 13.8. The lowest BCUT2D eigenvalue weighted by atomic mass is 10.0. The number of hydrogen-bond acceptors (Lipinski definition) is 8. The quantitative estimate of drug-likeness (QED) is 0.155. The van der Waals surface area contributed by atoms with Crippen LogP contribution >= 0.6 is 0 Å². The zero-order valence-corrected chi connectivity index (χ0v) is 30.4. The van der Waals surface area contributed by atoms with E-state index in [2.05, 4.69) is 43.1 Å². The zero-order valence-electron chi connectivity index (χ0n) is 30.4. The Kier molecular flexibility index (Phi) is 9.61. The van der Waals surface area contributed by atoms with Crippen LogP contribution in [-0.2, 0) is 6.18 Å². The molecule has 274 valence electrons. The number of aromatic nitrogens is 8. The largest absolute Gasteiger partial charge is 0.417 e. The molecule has 0 fully saturated rings. The van der Waals surface area contributed by atoms with Gasteiger partial charge < -0.3 is 0 Å². The fraction of sp³-hybridized carbons (Fsp3) is 0.143. The summed E-state index contributed by atoms with van der Waals surface area (Å²) in [4.78, 5) is 40.9. The summed E-state index contributed by atoms with van der Waals surface area (Å²) in [5, 5.41) is 9.70. The maximum atomic E-state index is 13.8. The molecule has 0 N–H and O–H groups in total. The predicted octanol–water partition coefficient (Wildman–Crippen LogP) is 9.31. The molecule has 0 aliphatic carbocycles. The van der Waals surface area contributed by atoms with Gasteiger partial charge in [-0.05, 0) is 99.1 Å². The smallest absolute Gasteiger partial charge is 0.293 e. The van der Waals surface area contributed by atoms with Crippen LogP contribution in [0, 0.1) is 20.8 Å². The third-order valence-corrected chi connectivity index (χ3v) is 8.88. The Labute approximate surface area is 313 Å². The highest BCUT2D eigenvalue weighted by atomic mass is 19.4. The summed E-state index contributed by atoms with van der Waals surface area (Å²) in [5.41, 5.74) is 6.04. The molecule has 6 heterocycles. The monoisotopic (exact) mass is 738 g/mol. The third kappa shape index (κ3) is 7.49. The highest BCUT2D eigenvalue weighted by molar-refractivity contribution is 5.94. The summed E-state index contributed by atoms with van der Waals surface area (Å²) in [6, 6.07) is 28.0. The van der Waals surface area contributed by atoms with Crippen molar-refractivity contribution in [1.82, 2.24) is 39.5 Å². The van der Waals surface area contributed by atoms with Crippen LogP contribution < -0.4 is 0 Å². The Balaban J connectivity index is 0.000000170. The van der Waals surface area contributed by atoms with Crippen molar-refractivity contribution in [3.05, 3.63) is 143 Å². The molecule has 0 bridgehead atoms. The Morgan fingerprint density at radius 1 is 0.564 bits per heavy atom. The number of carbonyl (C=O) groups excluding carboxylic acids is 2. The molecule has 0 saturated carbocycles. The van der Waals surface area contributed by atoms with Crippen LogP contribution in [-0.4, -0.2) is 51.1 Å². The molecule has 0 aliphatic rings. The minimum absolute atomic E-state index is 0.0349. The lowest BCUT2D eigenvalue weighted by molar-refractivity contribution is -0.136. The van der Waals surface area contributed by atoms with Gasteiger partial charge in [0.15, 0.2) is 23.2 Å². The molecule has 8 aromatic rings. The number of ketones is 2. The standard InChI is InChI=1S/C21H15F3N4O.C21H18N4O/c1-12-5-3-8-20(26-12)28-19-10-14(18-7-4-6-17(27-18)13(2)29)9-16(21(22,23)24)15(19)11-25-28;1-13-10-16(19-8-5-7-18(24-19)15(3)26)11-20-17(13)12-22-25(20)21-9-4-6-14(2)23-21/h3-11H,1-2H3;4-12H,1-3H3. The van der Waals surface area contributed by atoms with E-state index < -0.39 is 11.7 Å². The van der Waals surface area contributed by atoms with Crippen molar-refractivity contribution < 1.29 is 22.8 Å². The van der Waals surface area contributed by atoms with Crippen molar-refractivity contribution in [2.75, 3.05) is 0 Å². The molecular formula is C42H33F3N8O2. The van der Waals surface area contributed by atoms with Crippen LogP contribution in [0.1, 0.15) is 57.3 Å². The number of carbonyl (C=O) groups is 2. The Morgan fingerprint density at radius 2 is 1.02 bits per heavy atom. The van der Waals surface area contributed by atoms with Gasteiger partial charge >= 0.3 is 6.18 Å². The van der Waals surface area contributed by atoms with E-state index in [9.17, 15) is 22.8 Å². The van der Waals surface area contributed by atoms with Gasteiger partial charge in [0.1, 0.15) is 11.4 Å². The second kappa shape index (κ2) is 14.5.